The summed E-state index contributed by atoms with van der Waals surface area (Å²) in [5, 5.41) is 3.19. The van der Waals surface area contributed by atoms with Crippen LogP contribution in [0.5, 0.6) is 17.2 Å². The highest BCUT2D eigenvalue weighted by Gasteiger charge is 2.05. The van der Waals surface area contributed by atoms with E-state index in [1.165, 1.54) is 0 Å². The second-order valence-electron chi connectivity index (χ2n) is 6.11. The third-order valence-electron chi connectivity index (χ3n) is 3.64. The SMILES string of the molecule is CC(C)Oc1ccc(OCc2ccc(OCC3=NCCN3)cc2)cc1. The molecule has 132 valence electrons. The maximum atomic E-state index is 5.81. The summed E-state index contributed by atoms with van der Waals surface area (Å²) < 4.78 is 17.1. The van der Waals surface area contributed by atoms with E-state index in [0.717, 1.165) is 41.7 Å². The fourth-order valence-corrected chi connectivity index (χ4v) is 2.43. The van der Waals surface area contributed by atoms with Crippen LogP contribution in [0.25, 0.3) is 0 Å². The number of amidine groups is 1. The van der Waals surface area contributed by atoms with Gasteiger partial charge in [-0.1, -0.05) is 12.1 Å². The third kappa shape index (κ3) is 5.41. The Kier molecular flexibility index (Phi) is 5.77. The lowest BCUT2D eigenvalue weighted by Crippen LogP contribution is -2.24. The Morgan fingerprint density at radius 3 is 2.08 bits per heavy atom. The summed E-state index contributed by atoms with van der Waals surface area (Å²) in [4.78, 5) is 4.30. The fourth-order valence-electron chi connectivity index (χ4n) is 2.43. The Morgan fingerprint density at radius 2 is 1.48 bits per heavy atom. The molecule has 0 spiro atoms. The predicted molar refractivity (Wildman–Crippen MR) is 98.8 cm³/mol. The molecule has 0 unspecified atom stereocenters. The molecule has 1 N–H and O–H groups in total. The van der Waals surface area contributed by atoms with Crippen molar-refractivity contribution in [3.05, 3.63) is 54.1 Å². The second kappa shape index (κ2) is 8.42. The van der Waals surface area contributed by atoms with Gasteiger partial charge in [0.1, 0.15) is 36.3 Å². The van der Waals surface area contributed by atoms with Crippen molar-refractivity contribution < 1.29 is 14.2 Å². The van der Waals surface area contributed by atoms with E-state index in [4.69, 9.17) is 14.2 Å². The van der Waals surface area contributed by atoms with Crippen LogP contribution in [-0.4, -0.2) is 31.6 Å². The largest absolute Gasteiger partial charge is 0.491 e. The van der Waals surface area contributed by atoms with Crippen molar-refractivity contribution >= 4 is 5.84 Å². The molecule has 3 rings (SSSR count). The zero-order valence-corrected chi connectivity index (χ0v) is 14.7. The number of ether oxygens (including phenoxy) is 3. The van der Waals surface area contributed by atoms with Crippen LogP contribution in [0, 0.1) is 0 Å². The van der Waals surface area contributed by atoms with Gasteiger partial charge in [0.25, 0.3) is 0 Å². The lowest BCUT2D eigenvalue weighted by Gasteiger charge is -2.11. The maximum Gasteiger partial charge on any atom is 0.145 e. The zero-order chi connectivity index (χ0) is 17.5. The van der Waals surface area contributed by atoms with Crippen molar-refractivity contribution in [2.24, 2.45) is 4.99 Å². The monoisotopic (exact) mass is 340 g/mol. The molecule has 2 aromatic carbocycles. The Bertz CT molecular complexity index is 694. The van der Waals surface area contributed by atoms with Crippen LogP contribution < -0.4 is 19.5 Å². The number of hydrogen-bond donors (Lipinski definition) is 1. The second-order valence-corrected chi connectivity index (χ2v) is 6.11. The van der Waals surface area contributed by atoms with E-state index in [9.17, 15) is 0 Å². The van der Waals surface area contributed by atoms with Crippen molar-refractivity contribution in [3.8, 4) is 17.2 Å². The number of nitrogens with one attached hydrogen (secondary N) is 1. The summed E-state index contributed by atoms with van der Waals surface area (Å²) in [5.41, 5.74) is 1.09. The van der Waals surface area contributed by atoms with Crippen molar-refractivity contribution in [2.75, 3.05) is 19.7 Å². The van der Waals surface area contributed by atoms with Gasteiger partial charge < -0.3 is 19.5 Å². The summed E-state index contributed by atoms with van der Waals surface area (Å²) in [6.45, 7) is 6.75. The van der Waals surface area contributed by atoms with E-state index >= 15 is 0 Å². The number of aliphatic imine (C=N–C) groups is 1. The van der Waals surface area contributed by atoms with Crippen LogP contribution in [0.15, 0.2) is 53.5 Å². The van der Waals surface area contributed by atoms with E-state index < -0.39 is 0 Å². The van der Waals surface area contributed by atoms with Crippen molar-refractivity contribution in [3.63, 3.8) is 0 Å². The molecule has 25 heavy (non-hydrogen) atoms. The molecule has 5 heteroatoms. The Hall–Kier alpha value is -2.69. The minimum atomic E-state index is 0.170. The molecule has 1 aliphatic heterocycles. The molecule has 0 aliphatic carbocycles. The molecule has 0 atom stereocenters. The summed E-state index contributed by atoms with van der Waals surface area (Å²) in [6, 6.07) is 15.6. The van der Waals surface area contributed by atoms with E-state index in [1.54, 1.807) is 0 Å². The molecule has 0 saturated heterocycles. The predicted octanol–water partition coefficient (Wildman–Crippen LogP) is 3.43. The van der Waals surface area contributed by atoms with Crippen LogP contribution in [0.4, 0.5) is 0 Å². The molecule has 0 bridgehead atoms. The average Bonchev–Trinajstić information content (AvgIpc) is 3.13. The molecule has 5 nitrogen and oxygen atoms in total. The highest BCUT2D eigenvalue weighted by Crippen LogP contribution is 2.20. The molecule has 0 saturated carbocycles. The summed E-state index contributed by atoms with van der Waals surface area (Å²) in [6.07, 6.45) is 0.170. The normalized spacial score (nSPS) is 13.3. The first-order valence-corrected chi connectivity index (χ1v) is 8.57. The summed E-state index contributed by atoms with van der Waals surface area (Å²) in [5.74, 6) is 3.42. The topological polar surface area (TPSA) is 52.1 Å². The molecule has 0 amide bonds. The first-order chi connectivity index (χ1) is 12.2. The average molecular weight is 340 g/mol. The molecular formula is C20H24N2O3. The van der Waals surface area contributed by atoms with E-state index in [1.807, 2.05) is 62.4 Å². The van der Waals surface area contributed by atoms with Gasteiger partial charge in [0.15, 0.2) is 0 Å². The van der Waals surface area contributed by atoms with Crippen molar-refractivity contribution in [1.82, 2.24) is 5.32 Å². The standard InChI is InChI=1S/C20H24N2O3/c1-15(2)25-19-9-7-18(8-10-19)23-13-16-3-5-17(6-4-16)24-14-20-21-11-12-22-20/h3-10,15H,11-14H2,1-2H3,(H,21,22). The van der Waals surface area contributed by atoms with Crippen LogP contribution in [-0.2, 0) is 6.61 Å². The zero-order valence-electron chi connectivity index (χ0n) is 14.7. The van der Waals surface area contributed by atoms with Gasteiger partial charge in [-0.2, -0.15) is 0 Å². The highest BCUT2D eigenvalue weighted by molar-refractivity contribution is 5.84. The first-order valence-electron chi connectivity index (χ1n) is 8.57. The van der Waals surface area contributed by atoms with Gasteiger partial charge in [-0.25, -0.2) is 0 Å². The number of nitrogens with zero attached hydrogens (tertiary/aromatic N) is 1. The van der Waals surface area contributed by atoms with Gasteiger partial charge in [-0.05, 0) is 55.8 Å². The van der Waals surface area contributed by atoms with Crippen LogP contribution in [0.2, 0.25) is 0 Å². The summed E-state index contributed by atoms with van der Waals surface area (Å²) >= 11 is 0. The number of rotatable bonds is 8. The Labute approximate surface area is 148 Å². The number of benzene rings is 2. The van der Waals surface area contributed by atoms with Gasteiger partial charge in [0, 0.05) is 6.54 Å². The molecular weight excluding hydrogens is 316 g/mol. The molecule has 1 aliphatic rings. The maximum absolute atomic E-state index is 5.81. The van der Waals surface area contributed by atoms with Crippen LogP contribution >= 0.6 is 0 Å². The van der Waals surface area contributed by atoms with Gasteiger partial charge in [0.05, 0.1) is 12.6 Å². The van der Waals surface area contributed by atoms with E-state index in [-0.39, 0.29) is 6.10 Å². The van der Waals surface area contributed by atoms with Crippen LogP contribution in [0.1, 0.15) is 19.4 Å². The van der Waals surface area contributed by atoms with Gasteiger partial charge in [-0.3, -0.25) is 4.99 Å². The van der Waals surface area contributed by atoms with Crippen molar-refractivity contribution in [1.29, 1.82) is 0 Å². The van der Waals surface area contributed by atoms with Gasteiger partial charge in [-0.15, -0.1) is 0 Å². The molecule has 0 radical (unpaired) electrons. The smallest absolute Gasteiger partial charge is 0.145 e. The lowest BCUT2D eigenvalue weighted by molar-refractivity contribution is 0.241. The van der Waals surface area contributed by atoms with Gasteiger partial charge in [0.2, 0.25) is 0 Å². The lowest BCUT2D eigenvalue weighted by atomic mass is 10.2. The molecule has 0 fully saturated rings. The fraction of sp³-hybridized carbons (Fsp3) is 0.350. The minimum Gasteiger partial charge on any atom is -0.491 e. The summed E-state index contributed by atoms with van der Waals surface area (Å²) in [7, 11) is 0. The Morgan fingerprint density at radius 1 is 0.880 bits per heavy atom. The van der Waals surface area contributed by atoms with E-state index in [0.29, 0.717) is 13.2 Å². The minimum absolute atomic E-state index is 0.170. The first kappa shape index (κ1) is 17.1. The molecule has 0 aromatic heterocycles. The quantitative estimate of drug-likeness (QED) is 0.800. The molecule has 1 heterocycles. The number of hydrogen-bond acceptors (Lipinski definition) is 5. The third-order valence-corrected chi connectivity index (χ3v) is 3.64. The van der Waals surface area contributed by atoms with Crippen molar-refractivity contribution in [2.45, 2.75) is 26.6 Å². The van der Waals surface area contributed by atoms with Gasteiger partial charge >= 0.3 is 0 Å². The van der Waals surface area contributed by atoms with Crippen LogP contribution in [0.3, 0.4) is 0 Å². The Balaban J connectivity index is 1.46. The highest BCUT2D eigenvalue weighted by atomic mass is 16.5. The molecule has 2 aromatic rings. The van der Waals surface area contributed by atoms with E-state index in [2.05, 4.69) is 10.3 Å².